The van der Waals surface area contributed by atoms with Crippen LogP contribution < -0.4 is 15.1 Å². The van der Waals surface area contributed by atoms with Gasteiger partial charge in [0.2, 0.25) is 5.91 Å². The molecular formula is C29H33NO6. The lowest BCUT2D eigenvalue weighted by Gasteiger charge is -2.47. The van der Waals surface area contributed by atoms with Crippen LogP contribution in [0.1, 0.15) is 48.8 Å². The number of aliphatic hydroxyl groups is 1. The first-order valence-electron chi connectivity index (χ1n) is 12.7. The number of hydrogen-bond donors (Lipinski definition) is 1. The Morgan fingerprint density at radius 3 is 2.69 bits per heavy atom. The first-order valence-corrected chi connectivity index (χ1v) is 12.7. The van der Waals surface area contributed by atoms with Crippen LogP contribution in [0.4, 0.5) is 0 Å². The number of methoxy groups -OCH3 is 1. The second-order valence-corrected chi connectivity index (χ2v) is 10.1. The molecular weight excluding hydrogens is 458 g/mol. The van der Waals surface area contributed by atoms with Gasteiger partial charge < -0.3 is 23.9 Å². The molecule has 2 fully saturated rings. The number of benzene rings is 2. The summed E-state index contributed by atoms with van der Waals surface area (Å²) < 4.78 is 16.7. The van der Waals surface area contributed by atoms with Crippen molar-refractivity contribution in [1.29, 1.82) is 0 Å². The molecule has 36 heavy (non-hydrogen) atoms. The lowest BCUT2D eigenvalue weighted by Crippen LogP contribution is -2.55. The summed E-state index contributed by atoms with van der Waals surface area (Å²) in [4.78, 5) is 27.8. The molecule has 1 saturated heterocycles. The topological polar surface area (TPSA) is 89.2 Å². The SMILES string of the molecule is COc1ccc(COc2ccc3c(C)c(CC(=O)N4CCC5(O)CCCCC5C4)c(=O)oc3c2)cc1. The number of aryl methyl sites for hydroxylation is 1. The molecule has 2 aromatic carbocycles. The fourth-order valence-electron chi connectivity index (χ4n) is 5.62. The normalized spacial score (nSPS) is 21.8. The Morgan fingerprint density at radius 1 is 1.14 bits per heavy atom. The third-order valence-corrected chi connectivity index (χ3v) is 7.93. The van der Waals surface area contributed by atoms with E-state index in [9.17, 15) is 14.7 Å². The summed E-state index contributed by atoms with van der Waals surface area (Å²) >= 11 is 0. The summed E-state index contributed by atoms with van der Waals surface area (Å²) in [6, 6.07) is 13.1. The molecule has 0 radical (unpaired) electrons. The number of hydrogen-bond acceptors (Lipinski definition) is 6. The molecule has 7 nitrogen and oxygen atoms in total. The fourth-order valence-corrected chi connectivity index (χ4v) is 5.62. The molecule has 3 aromatic rings. The zero-order valence-electron chi connectivity index (χ0n) is 20.9. The van der Waals surface area contributed by atoms with Gasteiger partial charge in [0.15, 0.2) is 0 Å². The van der Waals surface area contributed by atoms with E-state index in [2.05, 4.69) is 0 Å². The predicted molar refractivity (Wildman–Crippen MR) is 136 cm³/mol. The van der Waals surface area contributed by atoms with Gasteiger partial charge in [0.05, 0.1) is 24.7 Å². The van der Waals surface area contributed by atoms with E-state index in [0.29, 0.717) is 43.0 Å². The number of amides is 1. The van der Waals surface area contributed by atoms with Gasteiger partial charge in [-0.3, -0.25) is 4.79 Å². The highest BCUT2D eigenvalue weighted by Crippen LogP contribution is 2.40. The van der Waals surface area contributed by atoms with Crippen molar-refractivity contribution in [3.63, 3.8) is 0 Å². The van der Waals surface area contributed by atoms with Crippen molar-refractivity contribution in [2.75, 3.05) is 20.2 Å². The van der Waals surface area contributed by atoms with Crippen molar-refractivity contribution in [3.05, 3.63) is 69.6 Å². The monoisotopic (exact) mass is 491 g/mol. The predicted octanol–water partition coefficient (Wildman–Crippen LogP) is 4.39. The number of carbonyl (C=O) groups excluding carboxylic acids is 1. The van der Waals surface area contributed by atoms with Crippen molar-refractivity contribution in [3.8, 4) is 11.5 Å². The largest absolute Gasteiger partial charge is 0.497 e. The fraction of sp³-hybridized carbons (Fsp3) is 0.448. The molecule has 1 aliphatic carbocycles. The molecule has 190 valence electrons. The average Bonchev–Trinajstić information content (AvgIpc) is 2.89. The molecule has 1 aromatic heterocycles. The van der Waals surface area contributed by atoms with Crippen molar-refractivity contribution in [2.45, 2.75) is 57.7 Å². The zero-order chi connectivity index (χ0) is 25.3. The smallest absolute Gasteiger partial charge is 0.340 e. The van der Waals surface area contributed by atoms with Gasteiger partial charge in [0, 0.05) is 30.5 Å². The quantitative estimate of drug-likeness (QED) is 0.515. The lowest BCUT2D eigenvalue weighted by atomic mass is 9.71. The van der Waals surface area contributed by atoms with Crippen LogP contribution in [0.3, 0.4) is 0 Å². The number of ether oxygens (including phenoxy) is 2. The van der Waals surface area contributed by atoms with Crippen LogP contribution >= 0.6 is 0 Å². The lowest BCUT2D eigenvalue weighted by molar-refractivity contribution is -0.142. The Hall–Kier alpha value is -3.32. The third kappa shape index (κ3) is 4.85. The highest BCUT2D eigenvalue weighted by molar-refractivity contribution is 5.85. The molecule has 2 unspecified atom stereocenters. The van der Waals surface area contributed by atoms with E-state index in [-0.39, 0.29) is 18.2 Å². The maximum Gasteiger partial charge on any atom is 0.340 e. The molecule has 0 spiro atoms. The second kappa shape index (κ2) is 9.97. The van der Waals surface area contributed by atoms with Gasteiger partial charge in [-0.2, -0.15) is 0 Å². The summed E-state index contributed by atoms with van der Waals surface area (Å²) in [5, 5.41) is 11.7. The van der Waals surface area contributed by atoms with Crippen LogP contribution in [0.2, 0.25) is 0 Å². The van der Waals surface area contributed by atoms with Crippen molar-refractivity contribution in [1.82, 2.24) is 4.90 Å². The standard InChI is InChI=1S/C29H33NO6/c1-19-24-11-10-23(35-18-20-6-8-22(34-2)9-7-20)15-26(24)36-28(32)25(19)16-27(31)30-14-13-29(33)12-4-3-5-21(29)17-30/h6-11,15,21,33H,3-5,12-14,16-18H2,1-2H3. The van der Waals surface area contributed by atoms with E-state index < -0.39 is 11.2 Å². The van der Waals surface area contributed by atoms with Crippen LogP contribution in [-0.2, 0) is 17.8 Å². The van der Waals surface area contributed by atoms with Gasteiger partial charge in [-0.1, -0.05) is 25.0 Å². The van der Waals surface area contributed by atoms with E-state index in [0.717, 1.165) is 47.9 Å². The second-order valence-electron chi connectivity index (χ2n) is 10.1. The Balaban J connectivity index is 1.29. The van der Waals surface area contributed by atoms with Crippen molar-refractivity contribution in [2.24, 2.45) is 5.92 Å². The van der Waals surface area contributed by atoms with Crippen LogP contribution in [0.5, 0.6) is 11.5 Å². The summed E-state index contributed by atoms with van der Waals surface area (Å²) in [6.45, 7) is 3.31. The number of fused-ring (bicyclic) bond motifs is 2. The molecule has 1 saturated carbocycles. The van der Waals surface area contributed by atoms with E-state index in [1.807, 2.05) is 48.2 Å². The Morgan fingerprint density at radius 2 is 1.92 bits per heavy atom. The minimum Gasteiger partial charge on any atom is -0.497 e. The number of likely N-dealkylation sites (tertiary alicyclic amines) is 1. The highest BCUT2D eigenvalue weighted by atomic mass is 16.5. The minimum absolute atomic E-state index is 0.00494. The van der Waals surface area contributed by atoms with Crippen LogP contribution in [0, 0.1) is 12.8 Å². The van der Waals surface area contributed by atoms with Crippen LogP contribution in [0.15, 0.2) is 51.7 Å². The molecule has 5 rings (SSSR count). The number of nitrogens with zero attached hydrogens (tertiary/aromatic N) is 1. The molecule has 0 bridgehead atoms. The van der Waals surface area contributed by atoms with Gasteiger partial charge >= 0.3 is 5.63 Å². The first-order chi connectivity index (χ1) is 17.4. The zero-order valence-corrected chi connectivity index (χ0v) is 20.9. The maximum atomic E-state index is 13.1. The van der Waals surface area contributed by atoms with Gasteiger partial charge in [0.25, 0.3) is 0 Å². The molecule has 1 aliphatic heterocycles. The summed E-state index contributed by atoms with van der Waals surface area (Å²) in [7, 11) is 1.63. The van der Waals surface area contributed by atoms with E-state index in [4.69, 9.17) is 13.9 Å². The van der Waals surface area contributed by atoms with Gasteiger partial charge in [-0.05, 0) is 61.6 Å². The van der Waals surface area contributed by atoms with Crippen molar-refractivity contribution < 1.29 is 23.8 Å². The molecule has 1 amide bonds. The van der Waals surface area contributed by atoms with E-state index in [1.54, 1.807) is 13.2 Å². The molecule has 7 heteroatoms. The van der Waals surface area contributed by atoms with E-state index >= 15 is 0 Å². The first kappa shape index (κ1) is 24.4. The Kier molecular flexibility index (Phi) is 6.75. The van der Waals surface area contributed by atoms with Gasteiger partial charge in [0.1, 0.15) is 23.7 Å². The highest BCUT2D eigenvalue weighted by Gasteiger charge is 2.43. The van der Waals surface area contributed by atoms with Crippen LogP contribution in [-0.4, -0.2) is 41.7 Å². The Bertz CT molecular complexity index is 1310. The van der Waals surface area contributed by atoms with Crippen LogP contribution in [0.25, 0.3) is 11.0 Å². The summed E-state index contributed by atoms with van der Waals surface area (Å²) in [5.41, 5.74) is 1.44. The summed E-state index contributed by atoms with van der Waals surface area (Å²) in [5.74, 6) is 1.41. The minimum atomic E-state index is -0.639. The van der Waals surface area contributed by atoms with Gasteiger partial charge in [-0.15, -0.1) is 0 Å². The molecule has 2 atom stereocenters. The van der Waals surface area contributed by atoms with Gasteiger partial charge in [-0.25, -0.2) is 4.79 Å². The van der Waals surface area contributed by atoms with Crippen molar-refractivity contribution >= 4 is 16.9 Å². The summed E-state index contributed by atoms with van der Waals surface area (Å²) in [6.07, 6.45) is 4.51. The van der Waals surface area contributed by atoms with E-state index in [1.165, 1.54) is 0 Å². The third-order valence-electron chi connectivity index (χ3n) is 7.93. The maximum absolute atomic E-state index is 13.1. The Labute approximate surface area is 210 Å². The number of rotatable bonds is 6. The molecule has 2 aliphatic rings. The molecule has 2 heterocycles. The number of carbonyl (C=O) groups is 1. The number of piperidine rings is 1. The average molecular weight is 492 g/mol. The molecule has 1 N–H and O–H groups in total.